The van der Waals surface area contributed by atoms with Crippen molar-refractivity contribution in [1.82, 2.24) is 0 Å². The lowest BCUT2D eigenvalue weighted by Gasteiger charge is -2.06. The van der Waals surface area contributed by atoms with Gasteiger partial charge in [0.25, 0.3) is 0 Å². The number of para-hydroxylation sites is 1. The van der Waals surface area contributed by atoms with Gasteiger partial charge >= 0.3 is 5.97 Å². The molecule has 0 fully saturated rings. The minimum absolute atomic E-state index is 0.0320. The Balaban J connectivity index is 3.35. The van der Waals surface area contributed by atoms with Gasteiger partial charge in [-0.1, -0.05) is 12.1 Å². The largest absolute Gasteiger partial charge is 0.506 e. The molecule has 0 amide bonds. The number of phenols is 1. The van der Waals surface area contributed by atoms with Gasteiger partial charge in [0.1, 0.15) is 17.3 Å². The Hall–Kier alpha value is -2.06. The van der Waals surface area contributed by atoms with Gasteiger partial charge in [-0.3, -0.25) is 0 Å². The summed E-state index contributed by atoms with van der Waals surface area (Å²) in [7, 11) is 1.22. The molecule has 1 rings (SSSR count). The Morgan fingerprint density at radius 3 is 2.53 bits per heavy atom. The fourth-order valence-corrected chi connectivity index (χ4v) is 1.18. The van der Waals surface area contributed by atoms with Crippen molar-refractivity contribution in [3.05, 3.63) is 29.3 Å². The fourth-order valence-electron chi connectivity index (χ4n) is 1.18. The van der Waals surface area contributed by atoms with E-state index in [1.54, 1.807) is 12.0 Å². The summed E-state index contributed by atoms with van der Waals surface area (Å²) in [6.07, 6.45) is 0. The number of ether oxygens (including phenoxy) is 1. The van der Waals surface area contributed by atoms with Gasteiger partial charge in [-0.05, 0) is 13.0 Å². The number of carbonyl (C=O) groups is 1. The normalized spacial score (nSPS) is 9.20. The van der Waals surface area contributed by atoms with Crippen molar-refractivity contribution in [2.24, 2.45) is 0 Å². The van der Waals surface area contributed by atoms with E-state index in [9.17, 15) is 14.7 Å². The highest BCUT2D eigenvalue weighted by Gasteiger charge is 2.15. The highest BCUT2D eigenvalue weighted by molar-refractivity contribution is 5.97. The summed E-state index contributed by atoms with van der Waals surface area (Å²) in [5, 5.41) is 9.69. The predicted octanol–water partition coefficient (Wildman–Crippen LogP) is 1.41. The lowest BCUT2D eigenvalue weighted by Crippen LogP contribution is -2.02. The second kappa shape index (κ2) is 4.44. The number of rotatable bonds is 2. The molecule has 0 saturated carbocycles. The molecule has 4 nitrogen and oxygen atoms in total. The van der Waals surface area contributed by atoms with E-state index in [1.165, 1.54) is 26.2 Å². The van der Waals surface area contributed by atoms with Crippen molar-refractivity contribution in [1.29, 1.82) is 0 Å². The summed E-state index contributed by atoms with van der Waals surface area (Å²) < 4.78 is 4.48. The Morgan fingerprint density at radius 2 is 2.00 bits per heavy atom. The van der Waals surface area contributed by atoms with Crippen LogP contribution >= 0.6 is 0 Å². The van der Waals surface area contributed by atoms with Crippen LogP contribution in [0.15, 0.2) is 18.2 Å². The maximum Gasteiger partial charge on any atom is 0.341 e. The van der Waals surface area contributed by atoms with Crippen LogP contribution in [-0.2, 0) is 9.53 Å². The molecular weight excluding hydrogens is 196 g/mol. The van der Waals surface area contributed by atoms with Gasteiger partial charge < -0.3 is 9.84 Å². The van der Waals surface area contributed by atoms with E-state index in [4.69, 9.17) is 0 Å². The van der Waals surface area contributed by atoms with Gasteiger partial charge in [0.15, 0.2) is 0 Å². The molecule has 0 spiro atoms. The van der Waals surface area contributed by atoms with E-state index in [2.05, 4.69) is 4.74 Å². The van der Waals surface area contributed by atoms with Crippen LogP contribution in [0, 0.1) is 0 Å². The lowest BCUT2D eigenvalue weighted by atomic mass is 10.0. The van der Waals surface area contributed by atoms with Crippen LogP contribution in [0.4, 0.5) is 0 Å². The van der Waals surface area contributed by atoms with E-state index >= 15 is 0 Å². The van der Waals surface area contributed by atoms with Gasteiger partial charge in [-0.2, -0.15) is 0 Å². The summed E-state index contributed by atoms with van der Waals surface area (Å²) in [5.41, 5.74) is 0.552. The number of phenolic OH excluding ortho intramolecular Hbond substituents is 1. The number of hydrogen-bond acceptors (Lipinski definition) is 4. The third-order valence-corrected chi connectivity index (χ3v) is 2.00. The van der Waals surface area contributed by atoms with Crippen molar-refractivity contribution in [2.45, 2.75) is 6.92 Å². The van der Waals surface area contributed by atoms with Crippen LogP contribution in [0.25, 0.3) is 5.57 Å². The molecule has 0 aliphatic carbocycles. The smallest absolute Gasteiger partial charge is 0.341 e. The molecule has 0 heterocycles. The van der Waals surface area contributed by atoms with Crippen molar-refractivity contribution in [2.75, 3.05) is 7.11 Å². The number of methoxy groups -OCH3 is 1. The number of hydrogen-bond donors (Lipinski definition) is 1. The molecule has 0 atom stereocenters. The van der Waals surface area contributed by atoms with Crippen LogP contribution in [0.3, 0.4) is 0 Å². The molecule has 0 bridgehead atoms. The number of carbonyl (C=O) groups excluding carboxylic acids is 2. The average Bonchev–Trinajstić information content (AvgIpc) is 2.27. The number of benzene rings is 1. The minimum Gasteiger partial charge on any atom is -0.506 e. The number of aromatic hydroxyl groups is 1. The Kier molecular flexibility index (Phi) is 3.26. The molecule has 4 heteroatoms. The SMILES string of the molecule is COC(=O)c1cccc(C(C)=C=O)c1O. The van der Waals surface area contributed by atoms with Crippen molar-refractivity contribution in [3.63, 3.8) is 0 Å². The third kappa shape index (κ3) is 2.06. The molecule has 78 valence electrons. The summed E-state index contributed by atoms with van der Waals surface area (Å²) in [6.45, 7) is 1.50. The lowest BCUT2D eigenvalue weighted by molar-refractivity contribution is 0.0597. The first-order valence-corrected chi connectivity index (χ1v) is 4.24. The quantitative estimate of drug-likeness (QED) is 0.587. The molecule has 1 aromatic carbocycles. The Labute approximate surface area is 86.8 Å². The number of esters is 1. The second-order valence-electron chi connectivity index (χ2n) is 2.92. The molecule has 0 saturated heterocycles. The molecule has 1 aromatic rings. The molecule has 1 N–H and O–H groups in total. The number of allylic oxidation sites excluding steroid dienone is 1. The van der Waals surface area contributed by atoms with Crippen molar-refractivity contribution in [3.8, 4) is 5.75 Å². The van der Waals surface area contributed by atoms with E-state index in [0.717, 1.165) is 0 Å². The zero-order valence-corrected chi connectivity index (χ0v) is 8.40. The first kappa shape index (κ1) is 11.0. The minimum atomic E-state index is -0.645. The highest BCUT2D eigenvalue weighted by Crippen LogP contribution is 2.27. The maximum atomic E-state index is 11.2. The second-order valence-corrected chi connectivity index (χ2v) is 2.92. The van der Waals surface area contributed by atoms with E-state index in [-0.39, 0.29) is 22.4 Å². The maximum absolute atomic E-state index is 11.2. The van der Waals surface area contributed by atoms with Crippen LogP contribution < -0.4 is 0 Å². The average molecular weight is 206 g/mol. The Morgan fingerprint density at radius 1 is 1.40 bits per heavy atom. The van der Waals surface area contributed by atoms with Crippen LogP contribution in [0.5, 0.6) is 5.75 Å². The molecular formula is C11H10O4. The van der Waals surface area contributed by atoms with E-state index < -0.39 is 5.97 Å². The van der Waals surface area contributed by atoms with Crippen molar-refractivity contribution >= 4 is 17.5 Å². The van der Waals surface area contributed by atoms with Gasteiger partial charge in [0.05, 0.1) is 7.11 Å². The molecule has 15 heavy (non-hydrogen) atoms. The van der Waals surface area contributed by atoms with Crippen LogP contribution in [-0.4, -0.2) is 24.1 Å². The first-order valence-electron chi connectivity index (χ1n) is 4.24. The van der Waals surface area contributed by atoms with Crippen LogP contribution in [0.1, 0.15) is 22.8 Å². The molecule has 0 aliphatic heterocycles. The monoisotopic (exact) mass is 206 g/mol. The van der Waals surface area contributed by atoms with Crippen LogP contribution in [0.2, 0.25) is 0 Å². The zero-order valence-electron chi connectivity index (χ0n) is 8.40. The van der Waals surface area contributed by atoms with Gasteiger partial charge in [-0.25, -0.2) is 9.59 Å². The standard InChI is InChI=1S/C11H10O4/c1-7(6-12)8-4-3-5-9(10(8)13)11(14)15-2/h3-5,13H,1-2H3. The topological polar surface area (TPSA) is 63.6 Å². The summed E-state index contributed by atoms with van der Waals surface area (Å²) >= 11 is 0. The summed E-state index contributed by atoms with van der Waals surface area (Å²) in [4.78, 5) is 21.6. The molecule has 0 unspecified atom stereocenters. The highest BCUT2D eigenvalue weighted by atomic mass is 16.5. The zero-order chi connectivity index (χ0) is 11.4. The molecule has 0 radical (unpaired) electrons. The molecule has 0 aromatic heterocycles. The fraction of sp³-hybridized carbons (Fsp3) is 0.182. The summed E-state index contributed by atoms with van der Waals surface area (Å²) in [5.74, 6) is 0.756. The summed E-state index contributed by atoms with van der Waals surface area (Å²) in [6, 6.07) is 4.51. The van der Waals surface area contributed by atoms with Gasteiger partial charge in [0, 0.05) is 11.1 Å². The van der Waals surface area contributed by atoms with Crippen molar-refractivity contribution < 1.29 is 19.4 Å². The van der Waals surface area contributed by atoms with E-state index in [0.29, 0.717) is 0 Å². The third-order valence-electron chi connectivity index (χ3n) is 2.00. The predicted molar refractivity (Wildman–Crippen MR) is 54.2 cm³/mol. The van der Waals surface area contributed by atoms with E-state index in [1.807, 2.05) is 0 Å². The Bertz CT molecular complexity index is 442. The van der Waals surface area contributed by atoms with Gasteiger partial charge in [0.2, 0.25) is 0 Å². The molecule has 0 aliphatic rings. The van der Waals surface area contributed by atoms with Gasteiger partial charge in [-0.15, -0.1) is 0 Å². The first-order chi connectivity index (χ1) is 7.11.